The summed E-state index contributed by atoms with van der Waals surface area (Å²) in [4.78, 5) is 4.25. The molecular formula is C13H22N2O3. The quantitative estimate of drug-likeness (QED) is 0.656. The van der Waals surface area contributed by atoms with Gasteiger partial charge >= 0.3 is 0 Å². The summed E-state index contributed by atoms with van der Waals surface area (Å²) < 4.78 is 10.8. The number of aliphatic hydroxyl groups is 1. The van der Waals surface area contributed by atoms with Crippen LogP contribution in [0.3, 0.4) is 0 Å². The zero-order valence-electron chi connectivity index (χ0n) is 11.1. The molecule has 0 aliphatic rings. The highest BCUT2D eigenvalue weighted by Gasteiger charge is 2.05. The number of anilines is 1. The SMILES string of the molecule is CC(C)Oc1cccnc1NCCCOCCO. The predicted molar refractivity (Wildman–Crippen MR) is 71.0 cm³/mol. The monoisotopic (exact) mass is 254 g/mol. The first kappa shape index (κ1) is 14.7. The van der Waals surface area contributed by atoms with Crippen molar-refractivity contribution in [2.24, 2.45) is 0 Å². The van der Waals surface area contributed by atoms with Gasteiger partial charge in [0, 0.05) is 19.3 Å². The van der Waals surface area contributed by atoms with Gasteiger partial charge in [-0.3, -0.25) is 0 Å². The molecule has 0 spiro atoms. The van der Waals surface area contributed by atoms with Crippen molar-refractivity contribution < 1.29 is 14.6 Å². The van der Waals surface area contributed by atoms with Crippen molar-refractivity contribution in [2.45, 2.75) is 26.4 Å². The van der Waals surface area contributed by atoms with Gasteiger partial charge in [-0.15, -0.1) is 0 Å². The topological polar surface area (TPSA) is 63.6 Å². The van der Waals surface area contributed by atoms with Gasteiger partial charge in [-0.2, -0.15) is 0 Å². The number of hydrogen-bond donors (Lipinski definition) is 2. The average Bonchev–Trinajstić information content (AvgIpc) is 2.35. The molecule has 0 bridgehead atoms. The molecule has 0 saturated heterocycles. The Balaban J connectivity index is 2.32. The van der Waals surface area contributed by atoms with Crippen LogP contribution in [0.1, 0.15) is 20.3 Å². The maximum Gasteiger partial charge on any atom is 0.168 e. The standard InChI is InChI=1S/C13H22N2O3/c1-11(2)18-12-5-3-6-14-13(12)15-7-4-9-17-10-8-16/h3,5-6,11,16H,4,7-10H2,1-2H3,(H,14,15). The highest BCUT2D eigenvalue weighted by Crippen LogP contribution is 2.21. The smallest absolute Gasteiger partial charge is 0.168 e. The lowest BCUT2D eigenvalue weighted by atomic mass is 10.3. The molecule has 1 rings (SSSR count). The van der Waals surface area contributed by atoms with Crippen LogP contribution >= 0.6 is 0 Å². The van der Waals surface area contributed by atoms with E-state index in [2.05, 4.69) is 10.3 Å². The molecule has 102 valence electrons. The molecule has 1 aromatic heterocycles. The van der Waals surface area contributed by atoms with Crippen molar-refractivity contribution in [1.29, 1.82) is 0 Å². The number of nitrogens with one attached hydrogen (secondary N) is 1. The molecule has 0 saturated carbocycles. The number of hydrogen-bond acceptors (Lipinski definition) is 5. The molecular weight excluding hydrogens is 232 g/mol. The van der Waals surface area contributed by atoms with E-state index >= 15 is 0 Å². The van der Waals surface area contributed by atoms with Crippen LogP contribution in [0.4, 0.5) is 5.82 Å². The van der Waals surface area contributed by atoms with Gasteiger partial charge in [0.2, 0.25) is 0 Å². The summed E-state index contributed by atoms with van der Waals surface area (Å²) in [6, 6.07) is 3.75. The fourth-order valence-corrected chi connectivity index (χ4v) is 1.42. The second-order valence-corrected chi connectivity index (χ2v) is 4.13. The molecule has 5 nitrogen and oxygen atoms in total. The fourth-order valence-electron chi connectivity index (χ4n) is 1.42. The highest BCUT2D eigenvalue weighted by atomic mass is 16.5. The summed E-state index contributed by atoms with van der Waals surface area (Å²) in [6.45, 7) is 5.82. The van der Waals surface area contributed by atoms with Crippen molar-refractivity contribution in [3.05, 3.63) is 18.3 Å². The average molecular weight is 254 g/mol. The molecule has 0 unspecified atom stereocenters. The van der Waals surface area contributed by atoms with Crippen LogP contribution in [0, 0.1) is 0 Å². The Kier molecular flexibility index (Phi) is 7.13. The van der Waals surface area contributed by atoms with Gasteiger partial charge in [-0.1, -0.05) is 0 Å². The Morgan fingerprint density at radius 1 is 1.39 bits per heavy atom. The number of pyridine rings is 1. The largest absolute Gasteiger partial charge is 0.487 e. The first-order valence-corrected chi connectivity index (χ1v) is 6.28. The van der Waals surface area contributed by atoms with E-state index in [1.165, 1.54) is 0 Å². The Bertz CT molecular complexity index is 332. The number of aliphatic hydroxyl groups excluding tert-OH is 1. The second-order valence-electron chi connectivity index (χ2n) is 4.13. The number of rotatable bonds is 9. The van der Waals surface area contributed by atoms with E-state index in [1.54, 1.807) is 6.20 Å². The molecule has 0 aromatic carbocycles. The van der Waals surface area contributed by atoms with Crippen LogP contribution in [0.5, 0.6) is 5.75 Å². The lowest BCUT2D eigenvalue weighted by Gasteiger charge is -2.14. The fraction of sp³-hybridized carbons (Fsp3) is 0.615. The lowest BCUT2D eigenvalue weighted by molar-refractivity contribution is 0.0921. The molecule has 0 radical (unpaired) electrons. The minimum atomic E-state index is 0.0695. The summed E-state index contributed by atoms with van der Waals surface area (Å²) in [6.07, 6.45) is 2.72. The van der Waals surface area contributed by atoms with Crippen molar-refractivity contribution in [3.63, 3.8) is 0 Å². The van der Waals surface area contributed by atoms with E-state index < -0.39 is 0 Å². The Morgan fingerprint density at radius 3 is 2.94 bits per heavy atom. The van der Waals surface area contributed by atoms with Crippen molar-refractivity contribution in [1.82, 2.24) is 4.98 Å². The van der Waals surface area contributed by atoms with Crippen LogP contribution in [0.25, 0.3) is 0 Å². The summed E-state index contributed by atoms with van der Waals surface area (Å²) in [5, 5.41) is 11.8. The van der Waals surface area contributed by atoms with Crippen molar-refractivity contribution in [2.75, 3.05) is 31.7 Å². The summed E-state index contributed by atoms with van der Waals surface area (Å²) in [5.41, 5.74) is 0. The van der Waals surface area contributed by atoms with Crippen molar-refractivity contribution in [3.8, 4) is 5.75 Å². The van der Waals surface area contributed by atoms with Crippen molar-refractivity contribution >= 4 is 5.82 Å². The zero-order valence-corrected chi connectivity index (χ0v) is 11.1. The first-order valence-electron chi connectivity index (χ1n) is 6.28. The Morgan fingerprint density at radius 2 is 2.22 bits per heavy atom. The predicted octanol–water partition coefficient (Wildman–Crippen LogP) is 1.68. The number of nitrogens with zero attached hydrogens (tertiary/aromatic N) is 1. The number of ether oxygens (including phenoxy) is 2. The van der Waals surface area contributed by atoms with E-state index in [9.17, 15) is 0 Å². The minimum Gasteiger partial charge on any atom is -0.487 e. The van der Waals surface area contributed by atoms with Gasteiger partial charge in [0.15, 0.2) is 11.6 Å². The van der Waals surface area contributed by atoms with Crippen LogP contribution in [-0.4, -0.2) is 42.6 Å². The summed E-state index contributed by atoms with van der Waals surface area (Å²) >= 11 is 0. The lowest BCUT2D eigenvalue weighted by Crippen LogP contribution is -2.12. The zero-order chi connectivity index (χ0) is 13.2. The van der Waals surface area contributed by atoms with Crippen LogP contribution < -0.4 is 10.1 Å². The van der Waals surface area contributed by atoms with Crippen LogP contribution in [-0.2, 0) is 4.74 Å². The maximum absolute atomic E-state index is 8.55. The van der Waals surface area contributed by atoms with Crippen LogP contribution in [0.15, 0.2) is 18.3 Å². The molecule has 1 heterocycles. The third-order valence-corrected chi connectivity index (χ3v) is 2.13. The third-order valence-electron chi connectivity index (χ3n) is 2.13. The van der Waals surface area contributed by atoms with Crippen LogP contribution in [0.2, 0.25) is 0 Å². The molecule has 0 amide bonds. The third kappa shape index (κ3) is 5.84. The van der Waals surface area contributed by atoms with Gasteiger partial charge in [0.05, 0.1) is 19.3 Å². The van der Waals surface area contributed by atoms with E-state index in [-0.39, 0.29) is 12.7 Å². The molecule has 0 atom stereocenters. The molecule has 1 aromatic rings. The minimum absolute atomic E-state index is 0.0695. The molecule has 5 heteroatoms. The molecule has 2 N–H and O–H groups in total. The van der Waals surface area contributed by atoms with Gasteiger partial charge < -0.3 is 19.9 Å². The Labute approximate surface area is 108 Å². The highest BCUT2D eigenvalue weighted by molar-refractivity contribution is 5.49. The van der Waals surface area contributed by atoms with Gasteiger partial charge in [0.25, 0.3) is 0 Å². The Hall–Kier alpha value is -1.33. The molecule has 0 fully saturated rings. The summed E-state index contributed by atoms with van der Waals surface area (Å²) in [5.74, 6) is 1.53. The van der Waals surface area contributed by atoms with Gasteiger partial charge in [-0.05, 0) is 32.4 Å². The molecule has 0 aliphatic heterocycles. The normalized spacial score (nSPS) is 10.7. The van der Waals surface area contributed by atoms with Gasteiger partial charge in [-0.25, -0.2) is 4.98 Å². The number of aromatic nitrogens is 1. The second kappa shape index (κ2) is 8.72. The summed E-state index contributed by atoms with van der Waals surface area (Å²) in [7, 11) is 0. The van der Waals surface area contributed by atoms with Gasteiger partial charge in [0.1, 0.15) is 0 Å². The maximum atomic E-state index is 8.55. The molecule has 0 aliphatic carbocycles. The first-order chi connectivity index (χ1) is 8.74. The van der Waals surface area contributed by atoms with E-state index in [1.807, 2.05) is 26.0 Å². The molecule has 18 heavy (non-hydrogen) atoms. The van der Waals surface area contributed by atoms with E-state index in [4.69, 9.17) is 14.6 Å². The van der Waals surface area contributed by atoms with E-state index in [0.29, 0.717) is 13.2 Å². The van der Waals surface area contributed by atoms with E-state index in [0.717, 1.165) is 24.5 Å².